The van der Waals surface area contributed by atoms with Gasteiger partial charge >= 0.3 is 0 Å². The second-order valence-corrected chi connectivity index (χ2v) is 10.4. The van der Waals surface area contributed by atoms with Gasteiger partial charge < -0.3 is 10.2 Å². The van der Waals surface area contributed by atoms with Crippen LogP contribution in [0.5, 0.6) is 5.75 Å². The monoisotopic (exact) mass is 248 g/mol. The number of benzene rings is 1. The minimum atomic E-state index is -1.90. The molecule has 0 aliphatic carbocycles. The molecule has 0 bridgehead atoms. The molecule has 1 rings (SSSR count). The molecule has 0 fully saturated rings. The molecule has 0 spiro atoms. The highest BCUT2D eigenvalue weighted by Gasteiger charge is 2.39. The molecule has 1 aromatic rings. The van der Waals surface area contributed by atoms with Crippen LogP contribution in [0.3, 0.4) is 0 Å². The van der Waals surface area contributed by atoms with E-state index in [9.17, 15) is 0 Å². The molecule has 0 heterocycles. The fourth-order valence-corrected chi connectivity index (χ4v) is 2.14. The van der Waals surface area contributed by atoms with E-state index in [0.29, 0.717) is 17.1 Å². The van der Waals surface area contributed by atoms with Crippen molar-refractivity contribution in [3.05, 3.63) is 29.6 Å². The van der Waals surface area contributed by atoms with Gasteiger partial charge in [-0.2, -0.15) is 0 Å². The lowest BCUT2D eigenvalue weighted by molar-refractivity contribution is 0.494. The van der Waals surface area contributed by atoms with Crippen LogP contribution >= 0.6 is 0 Å². The fraction of sp³-hybridized carbons (Fsp3) is 0.462. The Balaban J connectivity index is 3.08. The molecule has 0 radical (unpaired) electrons. The van der Waals surface area contributed by atoms with Crippen LogP contribution in [0.4, 0.5) is 11.4 Å². The summed E-state index contributed by atoms with van der Waals surface area (Å²) in [4.78, 5) is 3.39. The number of nitrogen functional groups attached to an aromatic ring is 1. The Morgan fingerprint density at radius 2 is 1.88 bits per heavy atom. The SMILES string of the molecule is [C-]#[N+]c1ccc(N)c(O[Si](C)(C)C(C)(C)C)c1. The first-order chi connectivity index (χ1) is 7.67. The Hall–Kier alpha value is -1.47. The summed E-state index contributed by atoms with van der Waals surface area (Å²) in [5, 5.41) is 0.119. The maximum atomic E-state index is 7.00. The van der Waals surface area contributed by atoms with E-state index < -0.39 is 8.32 Å². The van der Waals surface area contributed by atoms with Gasteiger partial charge in [0.05, 0.1) is 12.3 Å². The summed E-state index contributed by atoms with van der Waals surface area (Å²) >= 11 is 0. The highest BCUT2D eigenvalue weighted by molar-refractivity contribution is 6.74. The van der Waals surface area contributed by atoms with Crippen molar-refractivity contribution < 1.29 is 4.43 Å². The second-order valence-electron chi connectivity index (χ2n) is 5.70. The molecule has 3 nitrogen and oxygen atoms in total. The summed E-state index contributed by atoms with van der Waals surface area (Å²) in [5.74, 6) is 0.644. The minimum absolute atomic E-state index is 0.119. The Labute approximate surface area is 105 Å². The van der Waals surface area contributed by atoms with Gasteiger partial charge in [-0.15, -0.1) is 0 Å². The molecule has 0 amide bonds. The number of nitrogens with zero attached hydrogens (tertiary/aromatic N) is 1. The standard InChI is InChI=1S/C13H20N2OSi/c1-13(2,3)17(5,6)16-12-9-10(15-4)7-8-11(12)14/h7-9H,14H2,1-3,5-6H3. The van der Waals surface area contributed by atoms with Crippen LogP contribution in [-0.2, 0) is 0 Å². The summed E-state index contributed by atoms with van der Waals surface area (Å²) in [7, 11) is -1.90. The van der Waals surface area contributed by atoms with Gasteiger partial charge in [-0.25, -0.2) is 4.85 Å². The van der Waals surface area contributed by atoms with E-state index in [1.54, 1.807) is 18.2 Å². The van der Waals surface area contributed by atoms with E-state index in [1.165, 1.54) is 0 Å². The number of nitrogens with two attached hydrogens (primary N) is 1. The van der Waals surface area contributed by atoms with E-state index in [0.717, 1.165) is 0 Å². The van der Waals surface area contributed by atoms with E-state index in [1.807, 2.05) is 0 Å². The highest BCUT2D eigenvalue weighted by atomic mass is 28.4. The molecule has 0 aromatic heterocycles. The van der Waals surface area contributed by atoms with E-state index in [-0.39, 0.29) is 5.04 Å². The molecule has 0 atom stereocenters. The maximum Gasteiger partial charge on any atom is 0.250 e. The van der Waals surface area contributed by atoms with Crippen molar-refractivity contribution in [1.82, 2.24) is 0 Å². The van der Waals surface area contributed by atoms with Crippen molar-refractivity contribution in [2.45, 2.75) is 38.9 Å². The molecule has 0 saturated carbocycles. The molecule has 0 unspecified atom stereocenters. The van der Waals surface area contributed by atoms with Crippen molar-refractivity contribution in [2.75, 3.05) is 5.73 Å². The lowest BCUT2D eigenvalue weighted by Gasteiger charge is -2.36. The zero-order valence-corrected chi connectivity index (χ0v) is 12.2. The largest absolute Gasteiger partial charge is 0.543 e. The first-order valence-electron chi connectivity index (χ1n) is 5.63. The van der Waals surface area contributed by atoms with Crippen LogP contribution < -0.4 is 10.2 Å². The second kappa shape index (κ2) is 4.42. The Morgan fingerprint density at radius 1 is 1.29 bits per heavy atom. The zero-order valence-electron chi connectivity index (χ0n) is 11.2. The van der Waals surface area contributed by atoms with Gasteiger partial charge in [0.1, 0.15) is 5.75 Å². The predicted octanol–water partition coefficient (Wildman–Crippen LogP) is 4.20. The highest BCUT2D eigenvalue weighted by Crippen LogP contribution is 2.39. The van der Waals surface area contributed by atoms with Gasteiger partial charge in [0, 0.05) is 0 Å². The maximum absolute atomic E-state index is 7.00. The van der Waals surface area contributed by atoms with E-state index in [4.69, 9.17) is 16.7 Å². The van der Waals surface area contributed by atoms with Crippen molar-refractivity contribution in [1.29, 1.82) is 0 Å². The van der Waals surface area contributed by atoms with Gasteiger partial charge in [-0.3, -0.25) is 0 Å². The van der Waals surface area contributed by atoms with Crippen LogP contribution in [0.2, 0.25) is 18.1 Å². The van der Waals surface area contributed by atoms with Crippen molar-refractivity contribution in [3.63, 3.8) is 0 Å². The topological polar surface area (TPSA) is 39.6 Å². The molecule has 4 heteroatoms. The lowest BCUT2D eigenvalue weighted by atomic mass is 10.2. The zero-order chi connectivity index (χ0) is 13.3. The van der Waals surface area contributed by atoms with Crippen LogP contribution in [0.1, 0.15) is 20.8 Å². The molecule has 17 heavy (non-hydrogen) atoms. The third kappa shape index (κ3) is 3.01. The molecular formula is C13H20N2OSi. The lowest BCUT2D eigenvalue weighted by Crippen LogP contribution is -2.44. The van der Waals surface area contributed by atoms with Gasteiger partial charge in [0.15, 0.2) is 5.69 Å². The number of hydrogen-bond donors (Lipinski definition) is 1. The van der Waals surface area contributed by atoms with Crippen LogP contribution in [0.25, 0.3) is 4.85 Å². The molecule has 0 aliphatic heterocycles. The Morgan fingerprint density at radius 3 is 2.35 bits per heavy atom. The molecule has 2 N–H and O–H groups in total. The predicted molar refractivity (Wildman–Crippen MR) is 74.9 cm³/mol. The summed E-state index contributed by atoms with van der Waals surface area (Å²) in [6.07, 6.45) is 0. The van der Waals surface area contributed by atoms with Crippen molar-refractivity contribution in [3.8, 4) is 5.75 Å². The third-order valence-corrected chi connectivity index (χ3v) is 7.64. The first kappa shape index (κ1) is 13.6. The van der Waals surface area contributed by atoms with Crippen LogP contribution in [0, 0.1) is 6.57 Å². The van der Waals surface area contributed by atoms with E-state index in [2.05, 4.69) is 38.7 Å². The fourth-order valence-electron chi connectivity index (χ4n) is 1.11. The number of rotatable bonds is 2. The molecule has 92 valence electrons. The average Bonchev–Trinajstić information content (AvgIpc) is 2.19. The van der Waals surface area contributed by atoms with Gasteiger partial charge in [0.2, 0.25) is 0 Å². The third-order valence-electron chi connectivity index (χ3n) is 3.30. The van der Waals surface area contributed by atoms with Crippen LogP contribution in [-0.4, -0.2) is 8.32 Å². The normalized spacial score (nSPS) is 12.0. The Bertz CT molecular complexity index is 455. The van der Waals surface area contributed by atoms with Gasteiger partial charge in [0.25, 0.3) is 8.32 Å². The molecular weight excluding hydrogens is 228 g/mol. The Kier molecular flexibility index (Phi) is 3.53. The minimum Gasteiger partial charge on any atom is -0.543 e. The summed E-state index contributed by atoms with van der Waals surface area (Å²) < 4.78 is 6.11. The average molecular weight is 248 g/mol. The number of hydrogen-bond acceptors (Lipinski definition) is 2. The van der Waals surface area contributed by atoms with Gasteiger partial charge in [-0.05, 0) is 30.3 Å². The first-order valence-corrected chi connectivity index (χ1v) is 8.54. The summed E-state index contributed by atoms with van der Waals surface area (Å²) in [6.45, 7) is 17.9. The summed E-state index contributed by atoms with van der Waals surface area (Å²) in [6, 6.07) is 5.17. The van der Waals surface area contributed by atoms with Crippen LogP contribution in [0.15, 0.2) is 18.2 Å². The van der Waals surface area contributed by atoms with Crippen molar-refractivity contribution in [2.24, 2.45) is 0 Å². The smallest absolute Gasteiger partial charge is 0.250 e. The quantitative estimate of drug-likeness (QED) is 0.484. The molecule has 0 aliphatic rings. The summed E-state index contributed by atoms with van der Waals surface area (Å²) in [5.41, 5.74) is 7.05. The number of anilines is 1. The van der Waals surface area contributed by atoms with E-state index >= 15 is 0 Å². The molecule has 0 saturated heterocycles. The van der Waals surface area contributed by atoms with Gasteiger partial charge in [-0.1, -0.05) is 26.8 Å². The van der Waals surface area contributed by atoms with Crippen molar-refractivity contribution >= 4 is 19.7 Å². The molecule has 1 aromatic carbocycles.